The molecule has 1 saturated heterocycles. The number of amides is 3. The topological polar surface area (TPSA) is 130 Å². The van der Waals surface area contributed by atoms with Gasteiger partial charge in [-0.05, 0) is 68.0 Å². The van der Waals surface area contributed by atoms with Crippen LogP contribution in [0.2, 0.25) is 5.02 Å². The van der Waals surface area contributed by atoms with Crippen LogP contribution in [-0.2, 0) is 22.7 Å². The highest BCUT2D eigenvalue weighted by atomic mass is 35.5. The van der Waals surface area contributed by atoms with Gasteiger partial charge in [0.2, 0.25) is 11.8 Å². The Hall–Kier alpha value is -3.14. The Balaban J connectivity index is 1.49. The molecule has 0 spiro atoms. The largest absolute Gasteiger partial charge is 0.465 e. The molecule has 38 heavy (non-hydrogen) atoms. The molecule has 1 unspecified atom stereocenters. The van der Waals surface area contributed by atoms with Gasteiger partial charge in [0.25, 0.3) is 0 Å². The molecule has 0 bridgehead atoms. The van der Waals surface area contributed by atoms with Gasteiger partial charge in [-0.15, -0.1) is 0 Å². The van der Waals surface area contributed by atoms with Crippen LogP contribution >= 0.6 is 11.6 Å². The summed E-state index contributed by atoms with van der Waals surface area (Å²) in [5.74, 6) is -4.26. The average Bonchev–Trinajstić information content (AvgIpc) is 3.49. The van der Waals surface area contributed by atoms with E-state index < -0.39 is 35.3 Å². The first-order valence-corrected chi connectivity index (χ1v) is 13.1. The first kappa shape index (κ1) is 27.9. The van der Waals surface area contributed by atoms with Gasteiger partial charge in [-0.1, -0.05) is 42.0 Å². The van der Waals surface area contributed by atoms with Crippen LogP contribution in [0.4, 0.5) is 4.79 Å². The van der Waals surface area contributed by atoms with Crippen LogP contribution in [0.5, 0.6) is 0 Å². The van der Waals surface area contributed by atoms with E-state index in [0.717, 1.165) is 5.57 Å². The van der Waals surface area contributed by atoms with Crippen molar-refractivity contribution in [3.63, 3.8) is 0 Å². The summed E-state index contributed by atoms with van der Waals surface area (Å²) in [4.78, 5) is 41.5. The highest BCUT2D eigenvalue weighted by Gasteiger charge is 2.49. The van der Waals surface area contributed by atoms with Gasteiger partial charge in [-0.3, -0.25) is 14.5 Å². The number of halogens is 1. The fraction of sp³-hybridized carbons (Fsp3) is 0.464. The van der Waals surface area contributed by atoms with Crippen molar-refractivity contribution in [3.8, 4) is 0 Å². The Morgan fingerprint density at radius 3 is 2.63 bits per heavy atom. The van der Waals surface area contributed by atoms with Crippen LogP contribution in [-0.4, -0.2) is 66.9 Å². The minimum atomic E-state index is -2.24. The van der Waals surface area contributed by atoms with Crippen LogP contribution in [0.25, 0.3) is 0 Å². The number of aliphatic hydroxyl groups is 2. The van der Waals surface area contributed by atoms with Crippen molar-refractivity contribution in [2.75, 3.05) is 6.54 Å². The zero-order valence-electron chi connectivity index (χ0n) is 21.8. The van der Waals surface area contributed by atoms with E-state index >= 15 is 0 Å². The number of hydrogen-bond donors (Lipinski definition) is 4. The normalized spacial score (nSPS) is 22.0. The Labute approximate surface area is 227 Å². The maximum Gasteiger partial charge on any atom is 0.408 e. The lowest BCUT2D eigenvalue weighted by Gasteiger charge is -2.38. The van der Waals surface area contributed by atoms with Gasteiger partial charge in [0.05, 0.1) is 0 Å². The number of rotatable bonds is 6. The minimum absolute atomic E-state index is 0.0788. The molecule has 10 heteroatoms. The molecule has 9 nitrogen and oxygen atoms in total. The molecular weight excluding hydrogens is 510 g/mol. The smallest absolute Gasteiger partial charge is 0.408 e. The number of nitrogens with one attached hydrogen (secondary N) is 1. The number of benzene rings is 1. The number of carbonyl (C=O) groups excluding carboxylic acids is 2. The van der Waals surface area contributed by atoms with Crippen molar-refractivity contribution in [2.45, 2.75) is 70.5 Å². The first-order valence-electron chi connectivity index (χ1n) is 12.7. The summed E-state index contributed by atoms with van der Waals surface area (Å²) >= 11 is 6.21. The van der Waals surface area contributed by atoms with Crippen molar-refractivity contribution in [3.05, 3.63) is 69.8 Å². The van der Waals surface area contributed by atoms with E-state index in [-0.39, 0.29) is 25.4 Å². The van der Waals surface area contributed by atoms with Gasteiger partial charge in [0, 0.05) is 36.6 Å². The molecule has 0 aromatic heterocycles. The SMILES string of the molecule is CC(C)(C)N(Cc1ccc(Cl)cc1CNC(=O)[C@@H]1CCCN1C(=O)C1C2=CC=CC2=CCC1(O)O)C(=O)O. The van der Waals surface area contributed by atoms with Gasteiger partial charge in [-0.25, -0.2) is 4.79 Å². The molecule has 204 valence electrons. The molecule has 2 aliphatic carbocycles. The Morgan fingerprint density at radius 2 is 1.95 bits per heavy atom. The maximum absolute atomic E-state index is 13.6. The first-order chi connectivity index (χ1) is 17.8. The zero-order chi connectivity index (χ0) is 27.8. The third-order valence-electron chi connectivity index (χ3n) is 7.36. The predicted molar refractivity (Wildman–Crippen MR) is 142 cm³/mol. The molecule has 0 saturated carbocycles. The summed E-state index contributed by atoms with van der Waals surface area (Å²) in [5, 5.41) is 34.3. The number of fused-ring (bicyclic) bond motifs is 1. The molecular formula is C28H34ClN3O6. The van der Waals surface area contributed by atoms with E-state index in [2.05, 4.69) is 5.32 Å². The van der Waals surface area contributed by atoms with Gasteiger partial charge >= 0.3 is 6.09 Å². The second-order valence-corrected chi connectivity index (χ2v) is 11.5. The second-order valence-electron chi connectivity index (χ2n) is 11.0. The molecule has 1 aromatic rings. The summed E-state index contributed by atoms with van der Waals surface area (Å²) in [5.41, 5.74) is 2.08. The quantitative estimate of drug-likeness (QED) is 0.407. The molecule has 2 atom stereocenters. The lowest BCUT2D eigenvalue weighted by atomic mass is 9.79. The monoisotopic (exact) mass is 543 g/mol. The van der Waals surface area contributed by atoms with Crippen molar-refractivity contribution < 1.29 is 29.7 Å². The Morgan fingerprint density at radius 1 is 1.21 bits per heavy atom. The zero-order valence-corrected chi connectivity index (χ0v) is 22.5. The number of carboxylic acid groups (broad SMARTS) is 1. The Kier molecular flexibility index (Phi) is 7.74. The van der Waals surface area contributed by atoms with Crippen LogP contribution in [0, 0.1) is 5.92 Å². The fourth-order valence-corrected chi connectivity index (χ4v) is 5.49. The van der Waals surface area contributed by atoms with E-state index in [0.29, 0.717) is 41.1 Å². The standard InChI is InChI=1S/C28H34ClN3O6/c1-27(2,3)32(26(35)36)16-18-9-10-20(29)14-19(18)15-30-24(33)22-8-5-13-31(22)25(34)23-21-7-4-6-17(21)11-12-28(23,37)38/h4,6-7,9-11,14,22-23,37-38H,5,8,12-13,15-16H2,1-3H3,(H,30,33)(H,35,36)/t22-,23?/m0/s1. The number of hydrogen-bond acceptors (Lipinski definition) is 5. The lowest BCUT2D eigenvalue weighted by molar-refractivity contribution is -0.198. The van der Waals surface area contributed by atoms with Gasteiger partial charge < -0.3 is 25.5 Å². The van der Waals surface area contributed by atoms with Crippen LogP contribution in [0.15, 0.2) is 53.6 Å². The summed E-state index contributed by atoms with van der Waals surface area (Å²) < 4.78 is 0. The second kappa shape index (κ2) is 10.6. The van der Waals surface area contributed by atoms with Crippen LogP contribution in [0.3, 0.4) is 0 Å². The third-order valence-corrected chi connectivity index (χ3v) is 7.59. The number of likely N-dealkylation sites (tertiary alicyclic amines) is 1. The van der Waals surface area contributed by atoms with Crippen molar-refractivity contribution >= 4 is 29.5 Å². The van der Waals surface area contributed by atoms with Crippen molar-refractivity contribution in [2.24, 2.45) is 5.92 Å². The number of nitrogens with zero attached hydrogens (tertiary/aromatic N) is 2. The molecule has 1 heterocycles. The summed E-state index contributed by atoms with van der Waals surface area (Å²) in [6.45, 7) is 5.97. The predicted octanol–water partition coefficient (Wildman–Crippen LogP) is 3.35. The summed E-state index contributed by atoms with van der Waals surface area (Å²) in [6.07, 6.45) is 6.93. The lowest BCUT2D eigenvalue weighted by Crippen LogP contribution is -2.54. The van der Waals surface area contributed by atoms with Crippen LogP contribution < -0.4 is 5.32 Å². The van der Waals surface area contributed by atoms with Gasteiger partial charge in [-0.2, -0.15) is 0 Å². The Bertz CT molecular complexity index is 1230. The molecule has 1 aromatic carbocycles. The van der Waals surface area contributed by atoms with E-state index in [1.807, 2.05) is 6.08 Å². The minimum Gasteiger partial charge on any atom is -0.465 e. The summed E-state index contributed by atoms with van der Waals surface area (Å²) in [6, 6.07) is 4.36. The molecule has 4 rings (SSSR count). The molecule has 3 amide bonds. The summed E-state index contributed by atoms with van der Waals surface area (Å²) in [7, 11) is 0. The molecule has 0 radical (unpaired) electrons. The fourth-order valence-electron chi connectivity index (χ4n) is 5.30. The highest BCUT2D eigenvalue weighted by molar-refractivity contribution is 6.30. The highest BCUT2D eigenvalue weighted by Crippen LogP contribution is 2.41. The molecule has 1 fully saturated rings. The van der Waals surface area contributed by atoms with E-state index in [1.54, 1.807) is 57.2 Å². The molecule has 1 aliphatic heterocycles. The number of carbonyl (C=O) groups is 3. The van der Waals surface area contributed by atoms with E-state index in [9.17, 15) is 29.7 Å². The van der Waals surface area contributed by atoms with Gasteiger partial charge in [0.1, 0.15) is 12.0 Å². The van der Waals surface area contributed by atoms with Crippen molar-refractivity contribution in [1.82, 2.24) is 15.1 Å². The number of allylic oxidation sites excluding steroid dienone is 4. The van der Waals surface area contributed by atoms with Crippen molar-refractivity contribution in [1.29, 1.82) is 0 Å². The van der Waals surface area contributed by atoms with E-state index in [1.165, 1.54) is 9.80 Å². The van der Waals surface area contributed by atoms with E-state index in [4.69, 9.17) is 11.6 Å². The third kappa shape index (κ3) is 5.65. The maximum atomic E-state index is 13.6. The van der Waals surface area contributed by atoms with Gasteiger partial charge in [0.15, 0.2) is 5.79 Å². The average molecular weight is 544 g/mol. The molecule has 3 aliphatic rings. The van der Waals surface area contributed by atoms with Crippen LogP contribution in [0.1, 0.15) is 51.2 Å². The molecule has 4 N–H and O–H groups in total.